The zero-order valence-electron chi connectivity index (χ0n) is 8.90. The molecule has 0 bridgehead atoms. The maximum Gasteiger partial charge on any atom is 0.391 e. The van der Waals surface area contributed by atoms with Gasteiger partial charge in [-0.2, -0.15) is 13.2 Å². The number of alkyl halides is 3. The van der Waals surface area contributed by atoms with Crippen molar-refractivity contribution in [3.8, 4) is 0 Å². The largest absolute Gasteiger partial charge is 0.391 e. The third kappa shape index (κ3) is 4.53. The minimum atomic E-state index is -4.22. The van der Waals surface area contributed by atoms with Gasteiger partial charge in [-0.1, -0.05) is 13.8 Å². The Kier molecular flexibility index (Phi) is 3.62. The predicted octanol–water partition coefficient (Wildman–Crippen LogP) is 2.49. The van der Waals surface area contributed by atoms with Gasteiger partial charge in [0.25, 0.3) is 0 Å². The lowest BCUT2D eigenvalue weighted by Crippen LogP contribution is -2.42. The first-order valence-corrected chi connectivity index (χ1v) is 5.16. The normalized spacial score (nSPS) is 19.1. The predicted molar refractivity (Wildman–Crippen MR) is 50.2 cm³/mol. The van der Waals surface area contributed by atoms with Crippen LogP contribution in [0.4, 0.5) is 13.2 Å². The summed E-state index contributed by atoms with van der Waals surface area (Å²) in [6, 6.07) is -0.793. The smallest absolute Gasteiger partial charge is 0.353 e. The second-order valence-electron chi connectivity index (χ2n) is 4.45. The van der Waals surface area contributed by atoms with E-state index in [0.29, 0.717) is 0 Å². The van der Waals surface area contributed by atoms with Crippen LogP contribution in [-0.4, -0.2) is 18.1 Å². The minimum Gasteiger partial charge on any atom is -0.353 e. The summed E-state index contributed by atoms with van der Waals surface area (Å²) in [6.45, 7) is 3.37. The first-order valence-electron chi connectivity index (χ1n) is 5.16. The highest BCUT2D eigenvalue weighted by Gasteiger charge is 2.36. The topological polar surface area (TPSA) is 29.1 Å². The monoisotopic (exact) mass is 223 g/mol. The van der Waals surface area contributed by atoms with Crippen LogP contribution in [0, 0.1) is 11.8 Å². The zero-order valence-corrected chi connectivity index (χ0v) is 8.90. The van der Waals surface area contributed by atoms with Crippen molar-refractivity contribution >= 4 is 5.91 Å². The number of nitrogens with one attached hydrogen (secondary N) is 1. The van der Waals surface area contributed by atoms with E-state index in [-0.39, 0.29) is 17.7 Å². The number of rotatable bonds is 4. The molecule has 88 valence electrons. The van der Waals surface area contributed by atoms with E-state index >= 15 is 0 Å². The molecule has 0 aromatic rings. The maximum atomic E-state index is 12.2. The molecule has 2 nitrogen and oxygen atoms in total. The molecule has 0 saturated heterocycles. The fourth-order valence-corrected chi connectivity index (χ4v) is 1.35. The van der Waals surface area contributed by atoms with Crippen molar-refractivity contribution in [1.29, 1.82) is 0 Å². The maximum absolute atomic E-state index is 12.2. The van der Waals surface area contributed by atoms with E-state index in [4.69, 9.17) is 0 Å². The van der Waals surface area contributed by atoms with Crippen molar-refractivity contribution in [1.82, 2.24) is 5.32 Å². The van der Waals surface area contributed by atoms with Crippen LogP contribution in [0.25, 0.3) is 0 Å². The summed E-state index contributed by atoms with van der Waals surface area (Å²) < 4.78 is 36.5. The van der Waals surface area contributed by atoms with Crippen LogP contribution < -0.4 is 5.32 Å². The van der Waals surface area contributed by atoms with E-state index < -0.39 is 18.6 Å². The molecule has 0 aromatic heterocycles. The second-order valence-corrected chi connectivity index (χ2v) is 4.45. The Morgan fingerprint density at radius 3 is 2.27 bits per heavy atom. The van der Waals surface area contributed by atoms with Crippen molar-refractivity contribution in [3.63, 3.8) is 0 Å². The summed E-state index contributed by atoms with van der Waals surface area (Å²) in [7, 11) is 0. The summed E-state index contributed by atoms with van der Waals surface area (Å²) >= 11 is 0. The molecule has 1 N–H and O–H groups in total. The molecule has 0 aromatic carbocycles. The van der Waals surface area contributed by atoms with Gasteiger partial charge < -0.3 is 5.32 Å². The van der Waals surface area contributed by atoms with Crippen LogP contribution >= 0.6 is 0 Å². The highest BCUT2D eigenvalue weighted by molar-refractivity contribution is 5.81. The Hall–Kier alpha value is -0.740. The molecule has 0 radical (unpaired) electrons. The molecule has 1 fully saturated rings. The van der Waals surface area contributed by atoms with Crippen LogP contribution in [0.1, 0.15) is 33.1 Å². The zero-order chi connectivity index (χ0) is 11.6. The van der Waals surface area contributed by atoms with Crippen molar-refractivity contribution in [3.05, 3.63) is 0 Å². The fraction of sp³-hybridized carbons (Fsp3) is 0.900. The molecule has 15 heavy (non-hydrogen) atoms. The number of carbonyl (C=O) groups is 1. The molecule has 1 atom stereocenters. The highest BCUT2D eigenvalue weighted by atomic mass is 19.4. The SMILES string of the molecule is CC(C)[C@@H](CC(F)(F)F)NC(=O)C1CC1. The number of carbonyl (C=O) groups excluding carboxylic acids is 1. The third-order valence-electron chi connectivity index (χ3n) is 2.53. The molecule has 0 aliphatic heterocycles. The van der Waals surface area contributed by atoms with Gasteiger partial charge in [-0.05, 0) is 18.8 Å². The van der Waals surface area contributed by atoms with Gasteiger partial charge in [0, 0.05) is 12.0 Å². The first-order chi connectivity index (χ1) is 6.79. The minimum absolute atomic E-state index is 0.0421. The number of halogens is 3. The molecule has 0 heterocycles. The molecule has 5 heteroatoms. The van der Waals surface area contributed by atoms with Gasteiger partial charge in [-0.15, -0.1) is 0 Å². The highest BCUT2D eigenvalue weighted by Crippen LogP contribution is 2.30. The van der Waals surface area contributed by atoms with Crippen LogP contribution in [0.2, 0.25) is 0 Å². The quantitative estimate of drug-likeness (QED) is 0.779. The van der Waals surface area contributed by atoms with Gasteiger partial charge in [-0.25, -0.2) is 0 Å². The van der Waals surface area contributed by atoms with Gasteiger partial charge in [0.1, 0.15) is 0 Å². The van der Waals surface area contributed by atoms with E-state index in [0.717, 1.165) is 12.8 Å². The fourth-order valence-electron chi connectivity index (χ4n) is 1.35. The van der Waals surface area contributed by atoms with Crippen molar-refractivity contribution in [2.75, 3.05) is 0 Å². The molecule has 1 aliphatic rings. The van der Waals surface area contributed by atoms with Crippen molar-refractivity contribution in [2.24, 2.45) is 11.8 Å². The van der Waals surface area contributed by atoms with E-state index in [2.05, 4.69) is 5.32 Å². The standard InChI is InChI=1S/C10H16F3NO/c1-6(2)8(5-10(11,12)13)14-9(15)7-3-4-7/h6-8H,3-5H2,1-2H3,(H,14,15)/t8-/m1/s1. The molecule has 0 unspecified atom stereocenters. The Morgan fingerprint density at radius 2 is 1.93 bits per heavy atom. The molecule has 1 saturated carbocycles. The number of amides is 1. The van der Waals surface area contributed by atoms with Crippen LogP contribution in [0.15, 0.2) is 0 Å². The van der Waals surface area contributed by atoms with E-state index in [1.54, 1.807) is 13.8 Å². The summed E-state index contributed by atoms with van der Waals surface area (Å²) in [5.41, 5.74) is 0. The second kappa shape index (κ2) is 4.41. The number of hydrogen-bond acceptors (Lipinski definition) is 1. The summed E-state index contributed by atoms with van der Waals surface area (Å²) in [5.74, 6) is -0.466. The average Bonchev–Trinajstić information content (AvgIpc) is 2.81. The summed E-state index contributed by atoms with van der Waals surface area (Å²) in [5, 5.41) is 2.48. The summed E-state index contributed by atoms with van der Waals surface area (Å²) in [4.78, 5) is 11.3. The van der Waals surface area contributed by atoms with Gasteiger partial charge in [0.05, 0.1) is 6.42 Å². The molecular formula is C10H16F3NO. The molecule has 0 spiro atoms. The van der Waals surface area contributed by atoms with Crippen LogP contribution in [-0.2, 0) is 4.79 Å². The number of hydrogen-bond donors (Lipinski definition) is 1. The van der Waals surface area contributed by atoms with Gasteiger partial charge >= 0.3 is 6.18 Å². The molecule has 1 amide bonds. The van der Waals surface area contributed by atoms with E-state index in [1.165, 1.54) is 0 Å². The Bertz CT molecular complexity index is 233. The van der Waals surface area contributed by atoms with E-state index in [1.807, 2.05) is 0 Å². The lowest BCUT2D eigenvalue weighted by Gasteiger charge is -2.23. The lowest BCUT2D eigenvalue weighted by molar-refractivity contribution is -0.145. The average molecular weight is 223 g/mol. The summed E-state index contributed by atoms with van der Waals surface area (Å²) in [6.07, 6.45) is -3.54. The Morgan fingerprint density at radius 1 is 1.40 bits per heavy atom. The Labute approximate surface area is 87.2 Å². The van der Waals surface area contributed by atoms with E-state index in [9.17, 15) is 18.0 Å². The van der Waals surface area contributed by atoms with Gasteiger partial charge in [-0.3, -0.25) is 4.79 Å². The van der Waals surface area contributed by atoms with Crippen LogP contribution in [0.3, 0.4) is 0 Å². The van der Waals surface area contributed by atoms with Crippen molar-refractivity contribution < 1.29 is 18.0 Å². The van der Waals surface area contributed by atoms with Gasteiger partial charge in [0.2, 0.25) is 5.91 Å². The Balaban J connectivity index is 2.46. The lowest BCUT2D eigenvalue weighted by atomic mass is 10.0. The van der Waals surface area contributed by atoms with Crippen molar-refractivity contribution in [2.45, 2.75) is 45.3 Å². The third-order valence-corrected chi connectivity index (χ3v) is 2.53. The first kappa shape index (κ1) is 12.3. The molecular weight excluding hydrogens is 207 g/mol. The molecule has 1 aliphatic carbocycles. The van der Waals surface area contributed by atoms with Gasteiger partial charge in [0.15, 0.2) is 0 Å². The molecule has 1 rings (SSSR count). The van der Waals surface area contributed by atoms with Crippen LogP contribution in [0.5, 0.6) is 0 Å².